The highest BCUT2D eigenvalue weighted by molar-refractivity contribution is 6.35. The van der Waals surface area contributed by atoms with Crippen molar-refractivity contribution in [3.05, 3.63) is 125 Å². The van der Waals surface area contributed by atoms with Gasteiger partial charge in [-0.1, -0.05) is 35.3 Å². The molecule has 0 spiro atoms. The molecule has 0 amide bonds. The Kier molecular flexibility index (Phi) is 9.42. The third kappa shape index (κ3) is 6.24. The number of nitrogens with zero attached hydrogens (tertiary/aromatic N) is 3. The first kappa shape index (κ1) is 32.0. The maximum absolute atomic E-state index is 14.7. The van der Waals surface area contributed by atoms with Crippen LogP contribution >= 0.6 is 23.2 Å². The Morgan fingerprint density at radius 3 is 2.31 bits per heavy atom. The van der Waals surface area contributed by atoms with E-state index in [1.165, 1.54) is 39.6 Å². The fourth-order valence-corrected chi connectivity index (χ4v) is 5.38. The molecule has 45 heavy (non-hydrogen) atoms. The number of halogens is 3. The van der Waals surface area contributed by atoms with Crippen molar-refractivity contribution >= 4 is 52.1 Å². The van der Waals surface area contributed by atoms with Crippen molar-refractivity contribution in [1.29, 1.82) is 0 Å². The van der Waals surface area contributed by atoms with Crippen molar-refractivity contribution in [1.82, 2.24) is 14.3 Å². The number of fused-ring (bicyclic) bond motifs is 1. The zero-order valence-electron chi connectivity index (χ0n) is 24.3. The lowest BCUT2D eigenvalue weighted by Gasteiger charge is -2.14. The van der Waals surface area contributed by atoms with E-state index in [2.05, 4.69) is 20.6 Å². The van der Waals surface area contributed by atoms with Crippen molar-refractivity contribution in [3.63, 3.8) is 0 Å². The van der Waals surface area contributed by atoms with Crippen molar-refractivity contribution in [2.45, 2.75) is 20.1 Å². The summed E-state index contributed by atoms with van der Waals surface area (Å²) >= 11 is 13.1. The zero-order chi connectivity index (χ0) is 32.4. The Balaban J connectivity index is 1.76. The van der Waals surface area contributed by atoms with Gasteiger partial charge in [-0.2, -0.15) is 0 Å². The maximum atomic E-state index is 14.7. The number of nitrogens with one attached hydrogen (secondary N) is 1. The average molecular weight is 653 g/mol. The molecule has 0 unspecified atom stereocenters. The highest BCUT2D eigenvalue weighted by atomic mass is 35.5. The number of H-pyrrole nitrogens is 1. The Morgan fingerprint density at radius 2 is 1.67 bits per heavy atom. The Labute approximate surface area is 265 Å². The lowest BCUT2D eigenvalue weighted by Crippen LogP contribution is -2.24. The molecule has 5 aromatic rings. The predicted molar refractivity (Wildman–Crippen MR) is 172 cm³/mol. The standard InChI is InChI=1S/C32H27Cl2FN4O6/c1-18-24(6-4-5-20-9-12-23(37(2)3)14-27(20)35)31(40)38(28-15-25(33)21(17-45-43)13-26(28)34)30-29(18)32(41)39(36-30)22-10-7-19(8-11-22)16-44-42/h5-15,36,42-43H,16-17H2,1-3H3. The van der Waals surface area contributed by atoms with Crippen molar-refractivity contribution in [3.8, 4) is 11.4 Å². The highest BCUT2D eigenvalue weighted by Gasteiger charge is 2.22. The predicted octanol–water partition coefficient (Wildman–Crippen LogP) is 6.59. The number of aromatic nitrogens is 3. The number of hydrogen-bond acceptors (Lipinski definition) is 7. The van der Waals surface area contributed by atoms with Gasteiger partial charge in [0, 0.05) is 35.9 Å². The van der Waals surface area contributed by atoms with Gasteiger partial charge in [0.2, 0.25) is 0 Å². The molecular weight excluding hydrogens is 626 g/mol. The summed E-state index contributed by atoms with van der Waals surface area (Å²) in [7, 11) is 3.61. The van der Waals surface area contributed by atoms with Gasteiger partial charge in [-0.3, -0.25) is 29.8 Å². The molecule has 10 nitrogen and oxygen atoms in total. The van der Waals surface area contributed by atoms with E-state index in [1.807, 2.05) is 0 Å². The van der Waals surface area contributed by atoms with Crippen LogP contribution in [-0.4, -0.2) is 39.0 Å². The third-order valence-electron chi connectivity index (χ3n) is 7.28. The molecule has 0 aliphatic rings. The number of aryl methyl sites for hydroxylation is 1. The zero-order valence-corrected chi connectivity index (χ0v) is 25.8. The van der Waals surface area contributed by atoms with E-state index in [-0.39, 0.29) is 51.1 Å². The molecule has 0 radical (unpaired) electrons. The molecule has 232 valence electrons. The van der Waals surface area contributed by atoms with E-state index in [0.717, 1.165) is 0 Å². The Hall–Kier alpha value is -4.45. The molecule has 3 aromatic carbocycles. The van der Waals surface area contributed by atoms with Crippen molar-refractivity contribution in [2.24, 2.45) is 0 Å². The SMILES string of the molecule is Cc1c(C=C=Cc2ccc(N(C)C)cc2F)c(=O)n(-c2cc(Cl)c(COO)cc2Cl)c2[nH]n(-c3ccc(COO)cc3)c(=O)c12. The molecule has 5 rings (SSSR count). The number of benzene rings is 3. The van der Waals surface area contributed by atoms with E-state index in [4.69, 9.17) is 33.7 Å². The van der Waals surface area contributed by atoms with Gasteiger partial charge in [0.15, 0.2) is 0 Å². The molecule has 13 heteroatoms. The van der Waals surface area contributed by atoms with Crippen LogP contribution < -0.4 is 16.0 Å². The topological polar surface area (TPSA) is 122 Å². The molecule has 2 aromatic heterocycles. The van der Waals surface area contributed by atoms with E-state index < -0.39 is 16.9 Å². The van der Waals surface area contributed by atoms with Crippen LogP contribution in [0.1, 0.15) is 27.8 Å². The fraction of sp³-hybridized carbons (Fsp3) is 0.156. The van der Waals surface area contributed by atoms with Crippen molar-refractivity contribution in [2.75, 3.05) is 19.0 Å². The summed E-state index contributed by atoms with van der Waals surface area (Å²) in [6.07, 6.45) is 2.79. The van der Waals surface area contributed by atoms with Gasteiger partial charge in [-0.25, -0.2) is 18.8 Å². The number of hydrogen-bond donors (Lipinski definition) is 3. The lowest BCUT2D eigenvalue weighted by atomic mass is 10.1. The molecule has 0 aliphatic carbocycles. The quantitative estimate of drug-likeness (QED) is 0.0932. The van der Waals surface area contributed by atoms with Crippen LogP contribution in [0, 0.1) is 12.7 Å². The van der Waals surface area contributed by atoms with E-state index in [9.17, 15) is 14.0 Å². The lowest BCUT2D eigenvalue weighted by molar-refractivity contribution is -0.253. The highest BCUT2D eigenvalue weighted by Crippen LogP contribution is 2.31. The molecule has 3 N–H and O–H groups in total. The third-order valence-corrected chi connectivity index (χ3v) is 7.93. The Bertz CT molecular complexity index is 2090. The van der Waals surface area contributed by atoms with Gasteiger partial charge in [0.05, 0.1) is 27.3 Å². The summed E-state index contributed by atoms with van der Waals surface area (Å²) in [5, 5.41) is 21.1. The smallest absolute Gasteiger partial charge is 0.281 e. The molecule has 0 atom stereocenters. The minimum absolute atomic E-state index is 0.0377. The van der Waals surface area contributed by atoms with Crippen LogP contribution in [0.2, 0.25) is 10.0 Å². The van der Waals surface area contributed by atoms with Gasteiger partial charge in [0.1, 0.15) is 24.7 Å². The summed E-state index contributed by atoms with van der Waals surface area (Å²) in [6, 6.07) is 14.3. The maximum Gasteiger partial charge on any atom is 0.281 e. The molecular formula is C32H27Cl2FN4O6. The van der Waals surface area contributed by atoms with Crippen LogP contribution in [0.4, 0.5) is 10.1 Å². The largest absolute Gasteiger partial charge is 0.378 e. The first-order valence-corrected chi connectivity index (χ1v) is 14.2. The van der Waals surface area contributed by atoms with Gasteiger partial charge < -0.3 is 4.90 Å². The number of pyridine rings is 1. The van der Waals surface area contributed by atoms with Crippen LogP contribution in [0.3, 0.4) is 0 Å². The summed E-state index contributed by atoms with van der Waals surface area (Å²) in [5.74, 6) is -0.467. The minimum atomic E-state index is -0.558. The molecule has 0 aliphatic heterocycles. The number of aromatic amines is 1. The number of anilines is 1. The van der Waals surface area contributed by atoms with Gasteiger partial charge >= 0.3 is 0 Å². The summed E-state index contributed by atoms with van der Waals surface area (Å²) in [4.78, 5) is 38.2. The van der Waals surface area contributed by atoms with Crippen LogP contribution in [-0.2, 0) is 23.0 Å². The molecule has 2 heterocycles. The van der Waals surface area contributed by atoms with Crippen molar-refractivity contribution < 1.29 is 24.7 Å². The number of rotatable bonds is 9. The van der Waals surface area contributed by atoms with Gasteiger partial charge in [-0.05, 0) is 72.7 Å². The van der Waals surface area contributed by atoms with Gasteiger partial charge in [-0.15, -0.1) is 5.73 Å². The average Bonchev–Trinajstić information content (AvgIpc) is 3.35. The second kappa shape index (κ2) is 13.3. The Morgan fingerprint density at radius 1 is 0.956 bits per heavy atom. The van der Waals surface area contributed by atoms with E-state index in [0.29, 0.717) is 28.1 Å². The van der Waals surface area contributed by atoms with Gasteiger partial charge in [0.25, 0.3) is 11.1 Å². The summed E-state index contributed by atoms with van der Waals surface area (Å²) < 4.78 is 17.2. The molecule has 0 saturated carbocycles. The molecule has 0 saturated heterocycles. The fourth-order valence-electron chi connectivity index (χ4n) is 4.90. The monoisotopic (exact) mass is 652 g/mol. The van der Waals surface area contributed by atoms with Crippen LogP contribution in [0.5, 0.6) is 0 Å². The first-order chi connectivity index (χ1) is 21.5. The van der Waals surface area contributed by atoms with Crippen LogP contribution in [0.15, 0.2) is 69.9 Å². The summed E-state index contributed by atoms with van der Waals surface area (Å²) in [5.41, 5.74) is 5.06. The minimum Gasteiger partial charge on any atom is -0.378 e. The second-order valence-corrected chi connectivity index (χ2v) is 11.1. The molecule has 0 fully saturated rings. The first-order valence-electron chi connectivity index (χ1n) is 13.5. The van der Waals surface area contributed by atoms with E-state index >= 15 is 0 Å². The van der Waals surface area contributed by atoms with Crippen LogP contribution in [0.25, 0.3) is 34.6 Å². The molecule has 0 bridgehead atoms. The normalized spacial score (nSPS) is 11.1. The van der Waals surface area contributed by atoms with E-state index in [1.54, 1.807) is 62.3 Å². The summed E-state index contributed by atoms with van der Waals surface area (Å²) in [6.45, 7) is 1.35. The second-order valence-electron chi connectivity index (χ2n) is 10.3.